The molecule has 2 aromatic rings. The highest BCUT2D eigenvalue weighted by Crippen LogP contribution is 2.52. The lowest BCUT2D eigenvalue weighted by molar-refractivity contribution is 0.200. The summed E-state index contributed by atoms with van der Waals surface area (Å²) in [6.07, 6.45) is 3.80. The molecule has 2 atom stereocenters. The Hall–Kier alpha value is -2.67. The maximum absolute atomic E-state index is 9.96. The zero-order chi connectivity index (χ0) is 23.0. The molecule has 2 unspecified atom stereocenters. The van der Waals surface area contributed by atoms with Crippen LogP contribution < -0.4 is 5.73 Å². The van der Waals surface area contributed by atoms with Crippen LogP contribution in [-0.4, -0.2) is 0 Å². The third-order valence-corrected chi connectivity index (χ3v) is 6.82. The van der Waals surface area contributed by atoms with E-state index >= 15 is 0 Å². The van der Waals surface area contributed by atoms with Gasteiger partial charge in [0.15, 0.2) is 0 Å². The molecule has 1 heterocycles. The number of allylic oxidation sites excluding steroid dienone is 3. The van der Waals surface area contributed by atoms with Gasteiger partial charge in [-0.1, -0.05) is 68.2 Å². The van der Waals surface area contributed by atoms with Crippen molar-refractivity contribution in [3.05, 3.63) is 98.1 Å². The van der Waals surface area contributed by atoms with E-state index in [4.69, 9.17) is 33.7 Å². The Morgan fingerprint density at radius 1 is 1.06 bits per heavy atom. The largest absolute Gasteiger partial charge is 0.440 e. The van der Waals surface area contributed by atoms with Crippen molar-refractivity contribution < 1.29 is 4.74 Å². The zero-order valence-corrected chi connectivity index (χ0v) is 20.0. The zero-order valence-electron chi connectivity index (χ0n) is 18.5. The molecule has 5 heteroatoms. The number of nitriles is 1. The van der Waals surface area contributed by atoms with E-state index in [-0.39, 0.29) is 17.2 Å². The van der Waals surface area contributed by atoms with E-state index in [1.54, 1.807) is 0 Å². The van der Waals surface area contributed by atoms with E-state index in [0.29, 0.717) is 21.5 Å². The fourth-order valence-corrected chi connectivity index (χ4v) is 4.96. The van der Waals surface area contributed by atoms with Crippen molar-refractivity contribution in [1.82, 2.24) is 0 Å². The van der Waals surface area contributed by atoms with E-state index in [0.717, 1.165) is 40.9 Å². The van der Waals surface area contributed by atoms with Crippen LogP contribution in [0.5, 0.6) is 0 Å². The molecule has 1 aliphatic heterocycles. The van der Waals surface area contributed by atoms with Gasteiger partial charge in [-0.3, -0.25) is 0 Å². The van der Waals surface area contributed by atoms with Gasteiger partial charge in [0, 0.05) is 16.0 Å². The maximum atomic E-state index is 9.96. The van der Waals surface area contributed by atoms with Crippen molar-refractivity contribution in [1.29, 1.82) is 5.26 Å². The van der Waals surface area contributed by atoms with Gasteiger partial charge in [0.1, 0.15) is 17.4 Å². The Bertz CT molecular complexity index is 1190. The number of hydrogen-bond acceptors (Lipinski definition) is 3. The first kappa shape index (κ1) is 22.5. The molecule has 3 nitrogen and oxygen atoms in total. The fraction of sp³-hybridized carbons (Fsp3) is 0.296. The van der Waals surface area contributed by atoms with E-state index in [2.05, 4.69) is 32.9 Å². The summed E-state index contributed by atoms with van der Waals surface area (Å²) < 4.78 is 6.13. The summed E-state index contributed by atoms with van der Waals surface area (Å²) in [5.41, 5.74) is 10.9. The van der Waals surface area contributed by atoms with Gasteiger partial charge in [-0.15, -0.1) is 0 Å². The Labute approximate surface area is 199 Å². The van der Waals surface area contributed by atoms with Crippen LogP contribution in [-0.2, 0) is 4.74 Å². The molecule has 164 valence electrons. The summed E-state index contributed by atoms with van der Waals surface area (Å²) in [6.45, 7) is 6.77. The second-order valence-electron chi connectivity index (χ2n) is 9.53. The molecule has 0 bridgehead atoms. The van der Waals surface area contributed by atoms with Crippen LogP contribution in [0.4, 0.5) is 0 Å². The van der Waals surface area contributed by atoms with Crippen molar-refractivity contribution >= 4 is 29.3 Å². The van der Waals surface area contributed by atoms with Crippen molar-refractivity contribution in [3.63, 3.8) is 0 Å². The SMILES string of the molecule is CC(C)(C)C1CC(=Cc2cccc(Cl)c2)C2=C(C1)C(c1cccc(Cl)c1)C(C#N)=C(N)O2. The number of ether oxygens (including phenoxy) is 1. The van der Waals surface area contributed by atoms with Crippen LogP contribution in [0.25, 0.3) is 6.08 Å². The monoisotopic (exact) mass is 464 g/mol. The summed E-state index contributed by atoms with van der Waals surface area (Å²) in [7, 11) is 0. The van der Waals surface area contributed by atoms with Gasteiger partial charge in [0.2, 0.25) is 5.88 Å². The third-order valence-electron chi connectivity index (χ3n) is 6.35. The normalized spacial score (nSPS) is 22.4. The molecule has 2 aliphatic rings. The number of nitrogens with zero attached hydrogens (tertiary/aromatic N) is 1. The van der Waals surface area contributed by atoms with Crippen molar-refractivity contribution in [2.24, 2.45) is 17.1 Å². The Balaban J connectivity index is 1.92. The van der Waals surface area contributed by atoms with Gasteiger partial charge in [0.25, 0.3) is 0 Å². The Morgan fingerprint density at radius 2 is 1.75 bits per heavy atom. The van der Waals surface area contributed by atoms with Gasteiger partial charge < -0.3 is 10.5 Å². The molecule has 2 aromatic carbocycles. The van der Waals surface area contributed by atoms with E-state index in [9.17, 15) is 5.26 Å². The highest BCUT2D eigenvalue weighted by Gasteiger charge is 2.41. The third kappa shape index (κ3) is 4.44. The van der Waals surface area contributed by atoms with Crippen LogP contribution in [0.2, 0.25) is 10.0 Å². The highest BCUT2D eigenvalue weighted by atomic mass is 35.5. The van der Waals surface area contributed by atoms with Gasteiger partial charge >= 0.3 is 0 Å². The van der Waals surface area contributed by atoms with Crippen LogP contribution in [0.15, 0.2) is 76.9 Å². The van der Waals surface area contributed by atoms with Gasteiger partial charge in [-0.05, 0) is 76.8 Å². The van der Waals surface area contributed by atoms with Crippen molar-refractivity contribution in [2.75, 3.05) is 0 Å². The molecule has 0 fully saturated rings. The van der Waals surface area contributed by atoms with Gasteiger partial charge in [-0.25, -0.2) is 0 Å². The average Bonchev–Trinajstić information content (AvgIpc) is 2.72. The minimum atomic E-state index is -0.282. The van der Waals surface area contributed by atoms with Crippen molar-refractivity contribution in [3.8, 4) is 6.07 Å². The molecule has 0 radical (unpaired) electrons. The van der Waals surface area contributed by atoms with Gasteiger partial charge in [-0.2, -0.15) is 5.26 Å². The average molecular weight is 465 g/mol. The fourth-order valence-electron chi connectivity index (χ4n) is 4.56. The first-order valence-electron chi connectivity index (χ1n) is 10.7. The summed E-state index contributed by atoms with van der Waals surface area (Å²) >= 11 is 12.5. The van der Waals surface area contributed by atoms with E-state index < -0.39 is 0 Å². The lowest BCUT2D eigenvalue weighted by Gasteiger charge is -2.41. The minimum absolute atomic E-state index is 0.0738. The predicted octanol–water partition coefficient (Wildman–Crippen LogP) is 7.59. The Morgan fingerprint density at radius 3 is 2.38 bits per heavy atom. The maximum Gasteiger partial charge on any atom is 0.205 e. The number of nitrogens with two attached hydrogens (primary N) is 1. The molecule has 0 aromatic heterocycles. The van der Waals surface area contributed by atoms with Crippen LogP contribution in [0.1, 0.15) is 50.7 Å². The first-order valence-corrected chi connectivity index (χ1v) is 11.5. The lowest BCUT2D eigenvalue weighted by atomic mass is 9.66. The molecule has 0 saturated carbocycles. The summed E-state index contributed by atoms with van der Waals surface area (Å²) in [6, 6.07) is 17.7. The number of halogens is 2. The molecule has 1 aliphatic carbocycles. The van der Waals surface area contributed by atoms with Crippen LogP contribution in [0, 0.1) is 22.7 Å². The second kappa shape index (κ2) is 8.70. The number of benzene rings is 2. The highest BCUT2D eigenvalue weighted by molar-refractivity contribution is 6.31. The molecule has 32 heavy (non-hydrogen) atoms. The number of hydrogen-bond donors (Lipinski definition) is 1. The molecule has 2 N–H and O–H groups in total. The molecule has 0 amide bonds. The second-order valence-corrected chi connectivity index (χ2v) is 10.4. The molecular weight excluding hydrogens is 439 g/mol. The molecular formula is C27H26Cl2N2O. The Kier molecular flexibility index (Phi) is 6.12. The van der Waals surface area contributed by atoms with Crippen LogP contribution in [0.3, 0.4) is 0 Å². The standard InChI is InChI=1S/C27H26Cl2N2O/c1-27(2,3)19-12-18(10-16-6-4-8-20(28)11-16)25-22(14-19)24(23(15-30)26(31)32-25)17-7-5-9-21(29)13-17/h4-11,13,19,24H,12,14,31H2,1-3H3. The lowest BCUT2D eigenvalue weighted by Crippen LogP contribution is -2.31. The van der Waals surface area contributed by atoms with Gasteiger partial charge in [0.05, 0.1) is 0 Å². The minimum Gasteiger partial charge on any atom is -0.440 e. The summed E-state index contributed by atoms with van der Waals surface area (Å²) in [4.78, 5) is 0. The smallest absolute Gasteiger partial charge is 0.205 e. The summed E-state index contributed by atoms with van der Waals surface area (Å²) in [5, 5.41) is 11.3. The van der Waals surface area contributed by atoms with Crippen molar-refractivity contribution in [2.45, 2.75) is 39.5 Å². The van der Waals surface area contributed by atoms with E-state index in [1.165, 1.54) is 0 Å². The molecule has 0 spiro atoms. The van der Waals surface area contributed by atoms with Crippen LogP contribution >= 0.6 is 23.2 Å². The predicted molar refractivity (Wildman–Crippen MR) is 131 cm³/mol. The summed E-state index contributed by atoms with van der Waals surface area (Å²) in [5.74, 6) is 1.01. The molecule has 4 rings (SSSR count). The number of rotatable bonds is 2. The van der Waals surface area contributed by atoms with E-state index in [1.807, 2.05) is 48.5 Å². The first-order chi connectivity index (χ1) is 15.2. The molecule has 0 saturated heterocycles. The quantitative estimate of drug-likeness (QED) is 0.497. The topological polar surface area (TPSA) is 59.0 Å².